The molecule has 0 fully saturated rings. The second-order valence-electron chi connectivity index (χ2n) is 4.51. The van der Waals surface area contributed by atoms with Crippen molar-refractivity contribution in [1.82, 2.24) is 0 Å². The van der Waals surface area contributed by atoms with Crippen LogP contribution in [0.15, 0.2) is 36.4 Å². The quantitative estimate of drug-likeness (QED) is 0.847. The molecule has 0 aliphatic heterocycles. The number of carbonyl (C=O) groups is 1. The Kier molecular flexibility index (Phi) is 3.98. The van der Waals surface area contributed by atoms with E-state index in [1.54, 1.807) is 18.2 Å². The first-order valence-electron chi connectivity index (χ1n) is 6.06. The average Bonchev–Trinajstić information content (AvgIpc) is 2.39. The first kappa shape index (κ1) is 14.0. The fourth-order valence-electron chi connectivity index (χ4n) is 1.78. The fraction of sp³-hybridized carbons (Fsp3) is 0.133. The number of amides is 1. The zero-order chi connectivity index (χ0) is 14.7. The van der Waals surface area contributed by atoms with Crippen LogP contribution >= 0.6 is 0 Å². The van der Waals surface area contributed by atoms with Crippen molar-refractivity contribution in [1.29, 1.82) is 0 Å². The predicted molar refractivity (Wildman–Crippen MR) is 74.3 cm³/mol. The summed E-state index contributed by atoms with van der Waals surface area (Å²) in [6, 6.07) is 8.85. The summed E-state index contributed by atoms with van der Waals surface area (Å²) < 4.78 is 26.5. The van der Waals surface area contributed by atoms with E-state index < -0.39 is 17.5 Å². The summed E-state index contributed by atoms with van der Waals surface area (Å²) in [7, 11) is 0. The lowest BCUT2D eigenvalue weighted by Gasteiger charge is -2.08. The van der Waals surface area contributed by atoms with Gasteiger partial charge in [0.05, 0.1) is 6.42 Å². The van der Waals surface area contributed by atoms with E-state index in [0.29, 0.717) is 11.4 Å². The van der Waals surface area contributed by atoms with Crippen LogP contribution in [-0.2, 0) is 11.2 Å². The summed E-state index contributed by atoms with van der Waals surface area (Å²) >= 11 is 0. The summed E-state index contributed by atoms with van der Waals surface area (Å²) in [6.07, 6.45) is -0.239. The zero-order valence-corrected chi connectivity index (χ0v) is 10.9. The monoisotopic (exact) mass is 276 g/mol. The van der Waals surface area contributed by atoms with Crippen LogP contribution in [0.3, 0.4) is 0 Å². The molecule has 0 saturated carbocycles. The van der Waals surface area contributed by atoms with Gasteiger partial charge in [0.25, 0.3) is 0 Å². The smallest absolute Gasteiger partial charge is 0.228 e. The highest BCUT2D eigenvalue weighted by Crippen LogP contribution is 2.18. The molecule has 0 aromatic heterocycles. The molecule has 0 heterocycles. The van der Waals surface area contributed by atoms with E-state index >= 15 is 0 Å². The number of hydrogen-bond donors (Lipinski definition) is 2. The van der Waals surface area contributed by atoms with Crippen molar-refractivity contribution in [3.05, 3.63) is 59.2 Å². The van der Waals surface area contributed by atoms with Crippen molar-refractivity contribution in [2.75, 3.05) is 11.1 Å². The maximum absolute atomic E-state index is 13.4. The second kappa shape index (κ2) is 5.69. The van der Waals surface area contributed by atoms with Gasteiger partial charge in [0.2, 0.25) is 5.91 Å². The first-order valence-corrected chi connectivity index (χ1v) is 6.06. The highest BCUT2D eigenvalue weighted by atomic mass is 19.2. The Balaban J connectivity index is 2.09. The van der Waals surface area contributed by atoms with Gasteiger partial charge in [-0.3, -0.25) is 4.79 Å². The molecule has 1 amide bonds. The first-order chi connectivity index (χ1) is 9.47. The molecule has 0 spiro atoms. The van der Waals surface area contributed by atoms with Crippen LogP contribution in [0.4, 0.5) is 20.2 Å². The zero-order valence-electron chi connectivity index (χ0n) is 10.9. The van der Waals surface area contributed by atoms with Crippen molar-refractivity contribution in [2.45, 2.75) is 13.3 Å². The molecule has 0 aliphatic rings. The van der Waals surface area contributed by atoms with Gasteiger partial charge >= 0.3 is 0 Å². The van der Waals surface area contributed by atoms with Crippen molar-refractivity contribution < 1.29 is 13.6 Å². The molecule has 0 unspecified atom stereocenters. The molecule has 2 rings (SSSR count). The topological polar surface area (TPSA) is 55.1 Å². The van der Waals surface area contributed by atoms with Gasteiger partial charge < -0.3 is 11.1 Å². The number of benzene rings is 2. The second-order valence-corrected chi connectivity index (χ2v) is 4.51. The van der Waals surface area contributed by atoms with Gasteiger partial charge in [-0.05, 0) is 30.7 Å². The highest BCUT2D eigenvalue weighted by Gasteiger charge is 2.12. The third-order valence-electron chi connectivity index (χ3n) is 2.95. The molecule has 104 valence electrons. The van der Waals surface area contributed by atoms with E-state index in [-0.39, 0.29) is 12.0 Å². The number of halogens is 2. The number of nitrogens with one attached hydrogen (secondary N) is 1. The van der Waals surface area contributed by atoms with Crippen LogP contribution in [-0.4, -0.2) is 5.91 Å². The minimum Gasteiger partial charge on any atom is -0.398 e. The van der Waals surface area contributed by atoms with Crippen molar-refractivity contribution in [3.63, 3.8) is 0 Å². The largest absolute Gasteiger partial charge is 0.398 e. The van der Waals surface area contributed by atoms with Crippen LogP contribution in [0.5, 0.6) is 0 Å². The number of hydrogen-bond acceptors (Lipinski definition) is 2. The van der Waals surface area contributed by atoms with Crippen molar-refractivity contribution in [3.8, 4) is 0 Å². The molecule has 3 nitrogen and oxygen atoms in total. The molecular formula is C15H14F2N2O. The lowest BCUT2D eigenvalue weighted by Crippen LogP contribution is -2.15. The Bertz CT molecular complexity index is 656. The van der Waals surface area contributed by atoms with Crippen molar-refractivity contribution >= 4 is 17.3 Å². The Morgan fingerprint density at radius 1 is 1.25 bits per heavy atom. The molecule has 0 saturated heterocycles. The van der Waals surface area contributed by atoms with Crippen molar-refractivity contribution in [2.24, 2.45) is 0 Å². The summed E-state index contributed by atoms with van der Waals surface area (Å²) in [5.41, 5.74) is 7.73. The number of nitrogen functional groups attached to an aromatic ring is 1. The van der Waals surface area contributed by atoms with Gasteiger partial charge in [-0.15, -0.1) is 0 Å². The molecule has 20 heavy (non-hydrogen) atoms. The molecule has 3 N–H and O–H groups in total. The van der Waals surface area contributed by atoms with E-state index in [1.165, 1.54) is 12.1 Å². The fourth-order valence-corrected chi connectivity index (χ4v) is 1.78. The molecule has 5 heteroatoms. The summed E-state index contributed by atoms with van der Waals surface area (Å²) in [5, 5.41) is 2.60. The maximum atomic E-state index is 13.4. The lowest BCUT2D eigenvalue weighted by molar-refractivity contribution is -0.115. The van der Waals surface area contributed by atoms with Crippen LogP contribution in [0, 0.1) is 18.6 Å². The predicted octanol–water partition coefficient (Wildman–Crippen LogP) is 3.04. The van der Waals surface area contributed by atoms with Gasteiger partial charge in [0.1, 0.15) is 0 Å². The van der Waals surface area contributed by atoms with Crippen LogP contribution < -0.4 is 11.1 Å². The lowest BCUT2D eigenvalue weighted by atomic mass is 10.1. The van der Waals surface area contributed by atoms with Gasteiger partial charge in [-0.2, -0.15) is 0 Å². The molecular weight excluding hydrogens is 262 g/mol. The SMILES string of the molecule is Cc1ccc(NC(=O)Cc2cccc(F)c2F)cc1N. The Morgan fingerprint density at radius 3 is 2.70 bits per heavy atom. The Labute approximate surface area is 115 Å². The Hall–Kier alpha value is -2.43. The minimum absolute atomic E-state index is 0.0163. The summed E-state index contributed by atoms with van der Waals surface area (Å²) in [4.78, 5) is 11.8. The third kappa shape index (κ3) is 3.12. The normalized spacial score (nSPS) is 10.3. The molecule has 0 radical (unpaired) electrons. The molecule has 0 bridgehead atoms. The minimum atomic E-state index is -0.994. The van der Waals surface area contributed by atoms with Crippen LogP contribution in [0.2, 0.25) is 0 Å². The van der Waals surface area contributed by atoms with E-state index in [2.05, 4.69) is 5.32 Å². The highest BCUT2D eigenvalue weighted by molar-refractivity contribution is 5.92. The van der Waals surface area contributed by atoms with Gasteiger partial charge in [-0.1, -0.05) is 18.2 Å². The number of rotatable bonds is 3. The Morgan fingerprint density at radius 2 is 2.00 bits per heavy atom. The van der Waals surface area contributed by atoms with E-state index in [0.717, 1.165) is 11.6 Å². The third-order valence-corrected chi connectivity index (χ3v) is 2.95. The van der Waals surface area contributed by atoms with E-state index in [4.69, 9.17) is 5.73 Å². The number of aryl methyl sites for hydroxylation is 1. The number of carbonyl (C=O) groups excluding carboxylic acids is 1. The summed E-state index contributed by atoms with van der Waals surface area (Å²) in [6.45, 7) is 1.85. The molecule has 2 aromatic carbocycles. The van der Waals surface area contributed by atoms with Gasteiger partial charge in [0, 0.05) is 16.9 Å². The van der Waals surface area contributed by atoms with E-state index in [9.17, 15) is 13.6 Å². The van der Waals surface area contributed by atoms with Crippen LogP contribution in [0.1, 0.15) is 11.1 Å². The molecule has 0 atom stereocenters. The van der Waals surface area contributed by atoms with E-state index in [1.807, 2.05) is 6.92 Å². The number of anilines is 2. The van der Waals surface area contributed by atoms with Crippen LogP contribution in [0.25, 0.3) is 0 Å². The van der Waals surface area contributed by atoms with Gasteiger partial charge in [-0.25, -0.2) is 8.78 Å². The van der Waals surface area contributed by atoms with Gasteiger partial charge in [0.15, 0.2) is 11.6 Å². The average molecular weight is 276 g/mol. The number of nitrogens with two attached hydrogens (primary N) is 1. The molecule has 2 aromatic rings. The molecule has 0 aliphatic carbocycles. The standard InChI is InChI=1S/C15H14F2N2O/c1-9-5-6-11(8-13(9)18)19-14(20)7-10-3-2-4-12(16)15(10)17/h2-6,8H,7,18H2,1H3,(H,19,20). The summed E-state index contributed by atoms with van der Waals surface area (Å²) in [5.74, 6) is -2.39. The maximum Gasteiger partial charge on any atom is 0.228 e.